The Morgan fingerprint density at radius 1 is 1.02 bits per heavy atom. The molecule has 4 rings (SSSR count). The fraction of sp³-hybridized carbons (Fsp3) is 0.259. The first kappa shape index (κ1) is 29.4. The topological polar surface area (TPSA) is 81.7 Å². The summed E-state index contributed by atoms with van der Waals surface area (Å²) in [4.78, 5) is 26.5. The highest BCUT2D eigenvalue weighted by atomic mass is 31.1. The minimum absolute atomic E-state index is 0.0195. The van der Waals surface area contributed by atoms with Crippen molar-refractivity contribution in [2.24, 2.45) is 5.92 Å². The molecule has 0 saturated carbocycles. The lowest BCUT2D eigenvalue weighted by Gasteiger charge is -2.20. The number of benzene rings is 3. The Labute approximate surface area is 226 Å². The quantitative estimate of drug-likeness (QED) is 0.272. The molecule has 3 aromatic rings. The van der Waals surface area contributed by atoms with Crippen molar-refractivity contribution in [3.8, 4) is 11.1 Å². The third-order valence-electron chi connectivity index (χ3n) is 6.52. The molecule has 1 unspecified atom stereocenters. The van der Waals surface area contributed by atoms with E-state index in [0.717, 1.165) is 10.2 Å². The fourth-order valence-electron chi connectivity index (χ4n) is 4.50. The molecular weight excluding hydrogens is 559 g/mol. The number of nitrogens with zero attached hydrogens (tertiary/aromatic N) is 1. The number of rotatable bonds is 6. The molecule has 212 valence electrons. The summed E-state index contributed by atoms with van der Waals surface area (Å²) in [6, 6.07) is 8.54. The third kappa shape index (κ3) is 5.78. The largest absolute Gasteiger partial charge is 0.416 e. The Balaban J connectivity index is 1.55. The van der Waals surface area contributed by atoms with Crippen molar-refractivity contribution < 1.29 is 41.0 Å². The van der Waals surface area contributed by atoms with E-state index < -0.39 is 79.0 Å². The Morgan fingerprint density at radius 2 is 1.73 bits per heavy atom. The highest BCUT2D eigenvalue weighted by molar-refractivity contribution is 7.64. The Hall–Kier alpha value is -3.63. The van der Waals surface area contributed by atoms with Crippen LogP contribution in [-0.4, -0.2) is 49.6 Å². The van der Waals surface area contributed by atoms with Gasteiger partial charge in [0.25, 0.3) is 0 Å². The maximum Gasteiger partial charge on any atom is 0.416 e. The van der Waals surface area contributed by atoms with Gasteiger partial charge in [0.2, 0.25) is 5.91 Å². The number of carbonyl (C=O) groups excluding carboxylic acids is 2. The van der Waals surface area contributed by atoms with E-state index in [1.807, 2.05) is 24.7 Å². The highest BCUT2D eigenvalue weighted by Crippen LogP contribution is 2.36. The number of anilines is 2. The average Bonchev–Trinajstić information content (AvgIpc) is 3.20. The second-order valence-electron chi connectivity index (χ2n) is 9.33. The molecule has 13 heteroatoms. The van der Waals surface area contributed by atoms with Gasteiger partial charge in [0.1, 0.15) is 11.9 Å². The molecule has 0 radical (unpaired) electrons. The van der Waals surface area contributed by atoms with Crippen LogP contribution in [0.1, 0.15) is 5.56 Å². The van der Waals surface area contributed by atoms with E-state index in [0.29, 0.717) is 17.7 Å². The predicted octanol–water partition coefficient (Wildman–Crippen LogP) is 5.30. The number of carbonyl (C=O) groups is 2. The van der Waals surface area contributed by atoms with Crippen molar-refractivity contribution in [2.75, 3.05) is 36.7 Å². The summed E-state index contributed by atoms with van der Waals surface area (Å²) < 4.78 is 83.0. The predicted molar refractivity (Wildman–Crippen MR) is 140 cm³/mol. The molecule has 1 saturated heterocycles. The lowest BCUT2D eigenvalue weighted by atomic mass is 10.0. The van der Waals surface area contributed by atoms with Gasteiger partial charge in [-0.05, 0) is 54.5 Å². The standard InChI is InChI=1S/C27H24F6N3O3P/c1-40(2)21-6-4-3-5-16(21)17-8-10-20(23(30)22(17)29)36-12-14(13-37)24(25(36)38)35-26(39)34-19-9-7-15(11-18(19)28)27(31,32)33/h3-11,14,24,37H,12-13H2,1-2H3,(H2,34,35,39)/t14?,24-/m1/s1. The molecule has 6 nitrogen and oxygen atoms in total. The summed E-state index contributed by atoms with van der Waals surface area (Å²) in [7, 11) is -0.637. The number of aliphatic hydroxyl groups is 1. The maximum absolute atomic E-state index is 15.3. The molecule has 0 aliphatic carbocycles. The van der Waals surface area contributed by atoms with E-state index in [-0.39, 0.29) is 18.2 Å². The van der Waals surface area contributed by atoms with Crippen LogP contribution >= 0.6 is 7.92 Å². The smallest absolute Gasteiger partial charge is 0.396 e. The zero-order chi connectivity index (χ0) is 29.4. The average molecular weight is 583 g/mol. The first-order valence-electron chi connectivity index (χ1n) is 11.9. The molecule has 1 fully saturated rings. The minimum atomic E-state index is -4.79. The molecule has 1 heterocycles. The van der Waals surface area contributed by atoms with Gasteiger partial charge in [-0.2, -0.15) is 13.2 Å². The first-order chi connectivity index (χ1) is 18.8. The lowest BCUT2D eigenvalue weighted by molar-refractivity contribution is -0.137. The van der Waals surface area contributed by atoms with E-state index in [1.165, 1.54) is 12.1 Å². The van der Waals surface area contributed by atoms with Crippen LogP contribution in [0.25, 0.3) is 11.1 Å². The molecule has 2 atom stereocenters. The molecule has 0 spiro atoms. The van der Waals surface area contributed by atoms with Crippen molar-refractivity contribution in [3.05, 3.63) is 77.6 Å². The van der Waals surface area contributed by atoms with Gasteiger partial charge in [-0.15, -0.1) is 0 Å². The number of urea groups is 1. The van der Waals surface area contributed by atoms with Crippen molar-refractivity contribution in [1.29, 1.82) is 0 Å². The van der Waals surface area contributed by atoms with Crippen LogP contribution < -0.4 is 20.8 Å². The van der Waals surface area contributed by atoms with Crippen molar-refractivity contribution >= 4 is 36.5 Å². The van der Waals surface area contributed by atoms with Gasteiger partial charge in [-0.3, -0.25) is 4.79 Å². The Kier molecular flexibility index (Phi) is 8.41. The molecule has 3 amide bonds. The van der Waals surface area contributed by atoms with Crippen LogP contribution in [0.2, 0.25) is 0 Å². The van der Waals surface area contributed by atoms with Crippen LogP contribution in [0.5, 0.6) is 0 Å². The number of hydrogen-bond acceptors (Lipinski definition) is 3. The second kappa shape index (κ2) is 11.5. The third-order valence-corrected chi connectivity index (χ3v) is 7.87. The van der Waals surface area contributed by atoms with Crippen LogP contribution in [0.3, 0.4) is 0 Å². The van der Waals surface area contributed by atoms with E-state index >= 15 is 8.78 Å². The van der Waals surface area contributed by atoms with Gasteiger partial charge >= 0.3 is 12.2 Å². The molecule has 1 aliphatic rings. The van der Waals surface area contributed by atoms with Gasteiger partial charge in [0, 0.05) is 18.0 Å². The maximum atomic E-state index is 15.3. The first-order valence-corrected chi connectivity index (χ1v) is 14.2. The lowest BCUT2D eigenvalue weighted by Crippen LogP contribution is -2.46. The second-order valence-corrected chi connectivity index (χ2v) is 11.6. The number of aliphatic hydroxyl groups excluding tert-OH is 1. The van der Waals surface area contributed by atoms with Crippen molar-refractivity contribution in [2.45, 2.75) is 12.2 Å². The zero-order valence-electron chi connectivity index (χ0n) is 21.2. The van der Waals surface area contributed by atoms with E-state index in [9.17, 15) is 32.3 Å². The summed E-state index contributed by atoms with van der Waals surface area (Å²) >= 11 is 0. The molecule has 40 heavy (non-hydrogen) atoms. The van der Waals surface area contributed by atoms with Crippen LogP contribution in [0.4, 0.5) is 42.5 Å². The number of amides is 3. The Bertz CT molecular complexity index is 1450. The zero-order valence-corrected chi connectivity index (χ0v) is 22.1. The van der Waals surface area contributed by atoms with Crippen LogP contribution in [-0.2, 0) is 11.0 Å². The van der Waals surface area contributed by atoms with Gasteiger partial charge in [-0.1, -0.05) is 32.2 Å². The monoisotopic (exact) mass is 583 g/mol. The minimum Gasteiger partial charge on any atom is -0.396 e. The van der Waals surface area contributed by atoms with Gasteiger partial charge < -0.3 is 20.6 Å². The summed E-state index contributed by atoms with van der Waals surface area (Å²) in [6.45, 7) is 3.07. The fourth-order valence-corrected chi connectivity index (χ4v) is 5.56. The van der Waals surface area contributed by atoms with E-state index in [1.54, 1.807) is 18.2 Å². The molecule has 3 aromatic carbocycles. The SMILES string of the molecule is CP(C)c1ccccc1-c1ccc(N2CC(CO)[C@@H](NC(=O)Nc3ccc(C(F)(F)F)cc3F)C2=O)c(F)c1F. The number of halogens is 6. The summed E-state index contributed by atoms with van der Waals surface area (Å²) in [5.41, 5.74) is -1.69. The van der Waals surface area contributed by atoms with Crippen molar-refractivity contribution in [3.63, 3.8) is 0 Å². The van der Waals surface area contributed by atoms with Gasteiger partial charge in [0.15, 0.2) is 11.6 Å². The normalized spacial score (nSPS) is 17.4. The Morgan fingerprint density at radius 3 is 2.35 bits per heavy atom. The van der Waals surface area contributed by atoms with Gasteiger partial charge in [0.05, 0.1) is 23.5 Å². The summed E-state index contributed by atoms with van der Waals surface area (Å²) in [6.07, 6.45) is -4.79. The number of nitrogens with one attached hydrogen (secondary N) is 2. The number of alkyl halides is 3. The molecule has 0 aromatic heterocycles. The molecule has 1 aliphatic heterocycles. The molecule has 3 N–H and O–H groups in total. The van der Waals surface area contributed by atoms with Crippen molar-refractivity contribution in [1.82, 2.24) is 5.32 Å². The van der Waals surface area contributed by atoms with E-state index in [4.69, 9.17) is 0 Å². The highest BCUT2D eigenvalue weighted by Gasteiger charge is 2.43. The summed E-state index contributed by atoms with van der Waals surface area (Å²) in [5, 5.41) is 14.9. The van der Waals surface area contributed by atoms with E-state index in [2.05, 4.69) is 5.32 Å². The number of hydrogen-bond donors (Lipinski definition) is 3. The molecule has 0 bridgehead atoms. The summed E-state index contributed by atoms with van der Waals surface area (Å²) in [5.74, 6) is -5.62. The van der Waals surface area contributed by atoms with Gasteiger partial charge in [-0.25, -0.2) is 18.0 Å². The molecular formula is C27H24F6N3O3P. The van der Waals surface area contributed by atoms with Crippen LogP contribution in [0, 0.1) is 23.4 Å². The van der Waals surface area contributed by atoms with Crippen LogP contribution in [0.15, 0.2) is 54.6 Å².